The molecule has 1 saturated carbocycles. The highest BCUT2D eigenvalue weighted by Gasteiger charge is 2.34. The van der Waals surface area contributed by atoms with E-state index in [4.69, 9.17) is 0 Å². The van der Waals surface area contributed by atoms with E-state index in [0.29, 0.717) is 0 Å². The molecule has 3 fully saturated rings. The number of likely N-dealkylation sites (tertiary alicyclic amines) is 1. The average molecular weight is 279 g/mol. The third kappa shape index (κ3) is 3.75. The minimum Gasteiger partial charge on any atom is -0.314 e. The topological polar surface area (TPSA) is 18.5 Å². The maximum absolute atomic E-state index is 3.78. The van der Waals surface area contributed by atoms with Crippen LogP contribution in [0.3, 0.4) is 0 Å². The van der Waals surface area contributed by atoms with Gasteiger partial charge in [-0.2, -0.15) is 0 Å². The van der Waals surface area contributed by atoms with Gasteiger partial charge in [0.25, 0.3) is 0 Å². The predicted octanol–water partition coefficient (Wildman–Crippen LogP) is 2.47. The van der Waals surface area contributed by atoms with Crippen molar-refractivity contribution in [2.24, 2.45) is 0 Å². The van der Waals surface area contributed by atoms with Crippen LogP contribution in [-0.2, 0) is 0 Å². The van der Waals surface area contributed by atoms with E-state index in [-0.39, 0.29) is 0 Å². The Labute approximate surface area is 125 Å². The second kappa shape index (κ2) is 7.24. The van der Waals surface area contributed by atoms with Crippen molar-refractivity contribution in [1.29, 1.82) is 0 Å². The fourth-order valence-electron chi connectivity index (χ4n) is 4.50. The summed E-state index contributed by atoms with van der Waals surface area (Å²) in [4.78, 5) is 5.38. The number of nitrogens with one attached hydrogen (secondary N) is 1. The summed E-state index contributed by atoms with van der Waals surface area (Å²) in [5, 5.41) is 3.78. The second-order valence-corrected chi connectivity index (χ2v) is 7.28. The molecule has 2 heterocycles. The highest BCUT2D eigenvalue weighted by Crippen LogP contribution is 2.28. The SMILES string of the molecule is CN1C2CCC1CN(CCCNC1CCCCC1)CC2. The standard InChI is InChI=1S/C17H33N3/c1-19-16-8-9-17(19)14-20(13-10-16)12-5-11-18-15-6-3-2-4-7-15/h15-18H,2-14H2,1H3. The summed E-state index contributed by atoms with van der Waals surface area (Å²) in [5.41, 5.74) is 0. The van der Waals surface area contributed by atoms with Crippen LogP contribution in [0.5, 0.6) is 0 Å². The first-order chi connectivity index (χ1) is 9.83. The van der Waals surface area contributed by atoms with Crippen LogP contribution in [0.4, 0.5) is 0 Å². The van der Waals surface area contributed by atoms with E-state index in [9.17, 15) is 0 Å². The van der Waals surface area contributed by atoms with Crippen LogP contribution in [0.15, 0.2) is 0 Å². The Kier molecular flexibility index (Phi) is 5.36. The van der Waals surface area contributed by atoms with E-state index in [0.717, 1.165) is 18.1 Å². The molecule has 3 aliphatic rings. The lowest BCUT2D eigenvalue weighted by Crippen LogP contribution is -2.38. The molecule has 2 unspecified atom stereocenters. The molecule has 2 bridgehead atoms. The van der Waals surface area contributed by atoms with Crippen LogP contribution in [0, 0.1) is 0 Å². The zero-order chi connectivity index (χ0) is 13.8. The van der Waals surface area contributed by atoms with Crippen molar-refractivity contribution in [2.45, 2.75) is 75.9 Å². The molecule has 1 aliphatic carbocycles. The van der Waals surface area contributed by atoms with E-state index < -0.39 is 0 Å². The first-order valence-electron chi connectivity index (χ1n) is 9.00. The maximum atomic E-state index is 3.78. The third-order valence-corrected chi connectivity index (χ3v) is 5.92. The Hall–Kier alpha value is -0.120. The molecule has 3 rings (SSSR count). The van der Waals surface area contributed by atoms with Crippen molar-refractivity contribution in [3.05, 3.63) is 0 Å². The lowest BCUT2D eigenvalue weighted by Gasteiger charge is -2.26. The molecule has 1 N–H and O–H groups in total. The summed E-state index contributed by atoms with van der Waals surface area (Å²) in [6.45, 7) is 5.17. The molecule has 0 radical (unpaired) electrons. The van der Waals surface area contributed by atoms with Gasteiger partial charge in [0.2, 0.25) is 0 Å². The zero-order valence-corrected chi connectivity index (χ0v) is 13.3. The first kappa shape index (κ1) is 14.8. The molecule has 2 aliphatic heterocycles. The summed E-state index contributed by atoms with van der Waals surface area (Å²) in [5.74, 6) is 0. The van der Waals surface area contributed by atoms with E-state index in [1.807, 2.05) is 0 Å². The van der Waals surface area contributed by atoms with Crippen LogP contribution in [0.2, 0.25) is 0 Å². The van der Waals surface area contributed by atoms with E-state index in [1.165, 1.54) is 84.0 Å². The van der Waals surface area contributed by atoms with Gasteiger partial charge >= 0.3 is 0 Å². The molecule has 2 atom stereocenters. The van der Waals surface area contributed by atoms with E-state index >= 15 is 0 Å². The number of likely N-dealkylation sites (N-methyl/N-ethyl adjacent to an activating group) is 1. The van der Waals surface area contributed by atoms with Crippen LogP contribution >= 0.6 is 0 Å². The Morgan fingerprint density at radius 2 is 1.75 bits per heavy atom. The van der Waals surface area contributed by atoms with Gasteiger partial charge in [-0.05, 0) is 65.2 Å². The minimum absolute atomic E-state index is 0.829. The average Bonchev–Trinajstić information content (AvgIpc) is 2.72. The van der Waals surface area contributed by atoms with Crippen molar-refractivity contribution in [2.75, 3.05) is 33.2 Å². The maximum Gasteiger partial charge on any atom is 0.0223 e. The number of hydrogen-bond acceptors (Lipinski definition) is 3. The molecule has 3 nitrogen and oxygen atoms in total. The summed E-state index contributed by atoms with van der Waals surface area (Å²) < 4.78 is 0. The monoisotopic (exact) mass is 279 g/mol. The Bertz CT molecular complexity index is 288. The molecule has 0 aromatic heterocycles. The molecular weight excluding hydrogens is 246 g/mol. The lowest BCUT2D eigenvalue weighted by atomic mass is 9.95. The zero-order valence-electron chi connectivity index (χ0n) is 13.3. The van der Waals surface area contributed by atoms with Crippen molar-refractivity contribution in [3.63, 3.8) is 0 Å². The largest absolute Gasteiger partial charge is 0.314 e. The van der Waals surface area contributed by atoms with Crippen LogP contribution in [0.1, 0.15) is 57.8 Å². The van der Waals surface area contributed by atoms with Crippen LogP contribution in [0.25, 0.3) is 0 Å². The second-order valence-electron chi connectivity index (χ2n) is 7.28. The number of nitrogens with zero attached hydrogens (tertiary/aromatic N) is 2. The highest BCUT2D eigenvalue weighted by molar-refractivity contribution is 4.91. The summed E-state index contributed by atoms with van der Waals surface area (Å²) in [6, 6.07) is 2.55. The molecule has 0 aromatic rings. The van der Waals surface area contributed by atoms with Gasteiger partial charge in [0.1, 0.15) is 0 Å². The van der Waals surface area contributed by atoms with Gasteiger partial charge in [-0.15, -0.1) is 0 Å². The Morgan fingerprint density at radius 1 is 0.950 bits per heavy atom. The minimum atomic E-state index is 0.829. The highest BCUT2D eigenvalue weighted by atomic mass is 15.3. The number of hydrogen-bond donors (Lipinski definition) is 1. The van der Waals surface area contributed by atoms with E-state index in [2.05, 4.69) is 22.2 Å². The summed E-state index contributed by atoms with van der Waals surface area (Å²) in [6.07, 6.45) is 12.8. The van der Waals surface area contributed by atoms with Crippen LogP contribution < -0.4 is 5.32 Å². The summed E-state index contributed by atoms with van der Waals surface area (Å²) >= 11 is 0. The molecule has 3 heteroatoms. The third-order valence-electron chi connectivity index (χ3n) is 5.92. The van der Waals surface area contributed by atoms with Gasteiger partial charge in [0.05, 0.1) is 0 Å². The molecule has 0 aromatic carbocycles. The van der Waals surface area contributed by atoms with E-state index in [1.54, 1.807) is 0 Å². The van der Waals surface area contributed by atoms with Gasteiger partial charge in [0.15, 0.2) is 0 Å². The van der Waals surface area contributed by atoms with Crippen molar-refractivity contribution in [3.8, 4) is 0 Å². The van der Waals surface area contributed by atoms with Crippen molar-refractivity contribution >= 4 is 0 Å². The molecular formula is C17H33N3. The van der Waals surface area contributed by atoms with Gasteiger partial charge in [-0.25, -0.2) is 0 Å². The molecule has 116 valence electrons. The quantitative estimate of drug-likeness (QED) is 0.780. The van der Waals surface area contributed by atoms with Crippen molar-refractivity contribution < 1.29 is 0 Å². The van der Waals surface area contributed by atoms with Crippen LogP contribution in [-0.4, -0.2) is 61.2 Å². The summed E-state index contributed by atoms with van der Waals surface area (Å²) in [7, 11) is 2.34. The van der Waals surface area contributed by atoms with Gasteiger partial charge in [-0.1, -0.05) is 19.3 Å². The fourth-order valence-corrected chi connectivity index (χ4v) is 4.50. The normalized spacial score (nSPS) is 33.5. The fraction of sp³-hybridized carbons (Fsp3) is 1.00. The van der Waals surface area contributed by atoms with Gasteiger partial charge < -0.3 is 10.2 Å². The molecule has 0 spiro atoms. The van der Waals surface area contributed by atoms with Crippen molar-refractivity contribution in [1.82, 2.24) is 15.1 Å². The Balaban J connectivity index is 1.32. The number of rotatable bonds is 5. The Morgan fingerprint density at radius 3 is 2.60 bits per heavy atom. The molecule has 20 heavy (non-hydrogen) atoms. The molecule has 0 amide bonds. The van der Waals surface area contributed by atoms with Gasteiger partial charge in [-0.3, -0.25) is 4.90 Å². The first-order valence-corrected chi connectivity index (χ1v) is 9.00. The van der Waals surface area contributed by atoms with Gasteiger partial charge in [0, 0.05) is 24.7 Å². The smallest absolute Gasteiger partial charge is 0.0223 e. The number of fused-ring (bicyclic) bond motifs is 2. The predicted molar refractivity (Wildman–Crippen MR) is 85.1 cm³/mol. The lowest BCUT2D eigenvalue weighted by molar-refractivity contribution is 0.216. The molecule has 2 saturated heterocycles.